The number of carbonyl (C=O) groups is 1. The lowest BCUT2D eigenvalue weighted by Crippen LogP contribution is -2.13. The van der Waals surface area contributed by atoms with Gasteiger partial charge in [-0.2, -0.15) is 0 Å². The Labute approximate surface area is 76.3 Å². The zero-order valence-electron chi connectivity index (χ0n) is 7.10. The van der Waals surface area contributed by atoms with E-state index in [0.29, 0.717) is 12.2 Å². The molecule has 0 bridgehead atoms. The van der Waals surface area contributed by atoms with Gasteiger partial charge in [0.2, 0.25) is 0 Å². The number of carbonyl (C=O) groups excluding carboxylic acids is 1. The van der Waals surface area contributed by atoms with E-state index in [1.807, 2.05) is 0 Å². The number of primary amides is 1. The van der Waals surface area contributed by atoms with Gasteiger partial charge >= 0.3 is 0 Å². The quantitative estimate of drug-likeness (QED) is 0.689. The molecule has 4 N–H and O–H groups in total. The summed E-state index contributed by atoms with van der Waals surface area (Å²) in [7, 11) is 0. The lowest BCUT2D eigenvalue weighted by atomic mass is 10.3. The zero-order chi connectivity index (χ0) is 9.68. The third-order valence-corrected chi connectivity index (χ3v) is 1.45. The zero-order valence-corrected chi connectivity index (χ0v) is 7.10. The topological polar surface area (TPSA) is 82.0 Å². The second-order valence-electron chi connectivity index (χ2n) is 2.45. The summed E-state index contributed by atoms with van der Waals surface area (Å²) in [6.07, 6.45) is 3.50. The van der Waals surface area contributed by atoms with E-state index in [-0.39, 0.29) is 5.69 Å². The third kappa shape index (κ3) is 2.68. The fourth-order valence-electron chi connectivity index (χ4n) is 0.870. The second kappa shape index (κ2) is 4.37. The summed E-state index contributed by atoms with van der Waals surface area (Å²) in [5.41, 5.74) is 11.3. The monoisotopic (exact) mass is 177 g/mol. The van der Waals surface area contributed by atoms with Crippen molar-refractivity contribution in [3.05, 3.63) is 35.7 Å². The highest BCUT2D eigenvalue weighted by molar-refractivity contribution is 5.90. The average Bonchev–Trinajstić information content (AvgIpc) is 2.15. The highest BCUT2D eigenvalue weighted by Crippen LogP contribution is 2.00. The van der Waals surface area contributed by atoms with Crippen LogP contribution in [0.2, 0.25) is 0 Å². The number of nitrogens with two attached hydrogens (primary N) is 2. The van der Waals surface area contributed by atoms with E-state index in [1.54, 1.807) is 30.4 Å². The maximum absolute atomic E-state index is 10.7. The molecule has 0 aliphatic heterocycles. The summed E-state index contributed by atoms with van der Waals surface area (Å²) in [6, 6.07) is 5.07. The van der Waals surface area contributed by atoms with Crippen molar-refractivity contribution in [2.45, 2.75) is 0 Å². The molecule has 1 rings (SSSR count). The molecule has 0 saturated heterocycles. The molecule has 13 heavy (non-hydrogen) atoms. The van der Waals surface area contributed by atoms with Gasteiger partial charge in [-0.1, -0.05) is 12.1 Å². The van der Waals surface area contributed by atoms with Crippen LogP contribution in [0, 0.1) is 0 Å². The van der Waals surface area contributed by atoms with Gasteiger partial charge in [0.15, 0.2) is 0 Å². The van der Waals surface area contributed by atoms with Crippen molar-refractivity contribution >= 4 is 12.0 Å². The van der Waals surface area contributed by atoms with Gasteiger partial charge in [0, 0.05) is 6.54 Å². The number of hydrogen-bond acceptors (Lipinski definition) is 3. The molecule has 1 aromatic rings. The Bertz CT molecular complexity index is 333. The average molecular weight is 177 g/mol. The van der Waals surface area contributed by atoms with Crippen LogP contribution in [0.1, 0.15) is 16.2 Å². The van der Waals surface area contributed by atoms with Gasteiger partial charge in [0.05, 0.1) is 5.69 Å². The SMILES string of the molecule is NCC=Cc1cccc(C(N)=O)n1. The van der Waals surface area contributed by atoms with Crippen molar-refractivity contribution in [1.29, 1.82) is 0 Å². The first-order valence-electron chi connectivity index (χ1n) is 3.87. The molecule has 0 atom stereocenters. The number of amides is 1. The Morgan fingerprint density at radius 1 is 1.54 bits per heavy atom. The molecule has 1 heterocycles. The van der Waals surface area contributed by atoms with Crippen LogP contribution in [0.4, 0.5) is 0 Å². The normalized spacial score (nSPS) is 10.5. The fraction of sp³-hybridized carbons (Fsp3) is 0.111. The van der Waals surface area contributed by atoms with E-state index in [1.165, 1.54) is 0 Å². The maximum atomic E-state index is 10.7. The fourth-order valence-corrected chi connectivity index (χ4v) is 0.870. The van der Waals surface area contributed by atoms with Crippen molar-refractivity contribution in [1.82, 2.24) is 4.98 Å². The minimum absolute atomic E-state index is 0.263. The predicted molar refractivity (Wildman–Crippen MR) is 50.8 cm³/mol. The molecule has 0 radical (unpaired) electrons. The lowest BCUT2D eigenvalue weighted by molar-refractivity contribution is 0.0995. The molecule has 1 aromatic heterocycles. The van der Waals surface area contributed by atoms with Gasteiger partial charge < -0.3 is 11.5 Å². The Kier molecular flexibility index (Phi) is 3.16. The predicted octanol–water partition coefficient (Wildman–Crippen LogP) is 0.152. The first-order chi connectivity index (χ1) is 6.24. The molecule has 0 saturated carbocycles. The van der Waals surface area contributed by atoms with Crippen LogP contribution in [-0.4, -0.2) is 17.4 Å². The van der Waals surface area contributed by atoms with Gasteiger partial charge in [-0.3, -0.25) is 4.79 Å². The number of nitrogens with zero attached hydrogens (tertiary/aromatic N) is 1. The molecule has 0 unspecified atom stereocenters. The van der Waals surface area contributed by atoms with Crippen LogP contribution in [0.5, 0.6) is 0 Å². The molecule has 68 valence electrons. The standard InChI is InChI=1S/C9H11N3O/c10-6-2-4-7-3-1-5-8(12-7)9(11)13/h1-5H,6,10H2,(H2,11,13). The molecule has 0 spiro atoms. The molecule has 0 aliphatic carbocycles. The van der Waals surface area contributed by atoms with Crippen molar-refractivity contribution in [2.24, 2.45) is 11.5 Å². The Hall–Kier alpha value is -1.68. The van der Waals surface area contributed by atoms with Gasteiger partial charge in [-0.05, 0) is 18.2 Å². The molecular weight excluding hydrogens is 166 g/mol. The van der Waals surface area contributed by atoms with Gasteiger partial charge in [-0.25, -0.2) is 4.98 Å². The van der Waals surface area contributed by atoms with E-state index in [4.69, 9.17) is 11.5 Å². The largest absolute Gasteiger partial charge is 0.364 e. The summed E-state index contributed by atoms with van der Waals surface area (Å²) >= 11 is 0. The van der Waals surface area contributed by atoms with E-state index >= 15 is 0 Å². The number of hydrogen-bond donors (Lipinski definition) is 2. The molecule has 4 heteroatoms. The summed E-state index contributed by atoms with van der Waals surface area (Å²) < 4.78 is 0. The van der Waals surface area contributed by atoms with Crippen LogP contribution >= 0.6 is 0 Å². The first kappa shape index (κ1) is 9.41. The number of rotatable bonds is 3. The van der Waals surface area contributed by atoms with Crippen LogP contribution in [0.25, 0.3) is 6.08 Å². The van der Waals surface area contributed by atoms with Crippen molar-refractivity contribution in [3.8, 4) is 0 Å². The summed E-state index contributed by atoms with van der Waals surface area (Å²) in [5.74, 6) is -0.525. The summed E-state index contributed by atoms with van der Waals surface area (Å²) in [6.45, 7) is 0.447. The number of pyridine rings is 1. The maximum Gasteiger partial charge on any atom is 0.267 e. The van der Waals surface area contributed by atoms with Gasteiger partial charge in [-0.15, -0.1) is 0 Å². The molecular formula is C9H11N3O. The summed E-state index contributed by atoms with van der Waals surface area (Å²) in [5, 5.41) is 0. The highest BCUT2D eigenvalue weighted by atomic mass is 16.1. The van der Waals surface area contributed by atoms with Gasteiger partial charge in [0.1, 0.15) is 5.69 Å². The molecule has 4 nitrogen and oxygen atoms in total. The molecule has 0 aliphatic rings. The van der Waals surface area contributed by atoms with Crippen LogP contribution in [0.3, 0.4) is 0 Å². The van der Waals surface area contributed by atoms with Gasteiger partial charge in [0.25, 0.3) is 5.91 Å². The Morgan fingerprint density at radius 3 is 2.92 bits per heavy atom. The second-order valence-corrected chi connectivity index (χ2v) is 2.45. The minimum Gasteiger partial charge on any atom is -0.364 e. The van der Waals surface area contributed by atoms with E-state index in [9.17, 15) is 4.79 Å². The smallest absolute Gasteiger partial charge is 0.267 e. The Morgan fingerprint density at radius 2 is 2.31 bits per heavy atom. The van der Waals surface area contributed by atoms with Crippen molar-refractivity contribution < 1.29 is 4.79 Å². The molecule has 0 aromatic carbocycles. The van der Waals surface area contributed by atoms with Crippen LogP contribution in [0.15, 0.2) is 24.3 Å². The van der Waals surface area contributed by atoms with Crippen LogP contribution in [-0.2, 0) is 0 Å². The van der Waals surface area contributed by atoms with Crippen molar-refractivity contribution in [3.63, 3.8) is 0 Å². The van der Waals surface area contributed by atoms with E-state index in [2.05, 4.69) is 4.98 Å². The first-order valence-corrected chi connectivity index (χ1v) is 3.87. The van der Waals surface area contributed by atoms with E-state index < -0.39 is 5.91 Å². The molecule has 1 amide bonds. The summed E-state index contributed by atoms with van der Waals surface area (Å²) in [4.78, 5) is 14.7. The Balaban J connectivity index is 2.92. The van der Waals surface area contributed by atoms with Crippen molar-refractivity contribution in [2.75, 3.05) is 6.54 Å². The molecule has 0 fully saturated rings. The van der Waals surface area contributed by atoms with E-state index in [0.717, 1.165) is 0 Å². The van der Waals surface area contributed by atoms with Crippen LogP contribution < -0.4 is 11.5 Å². The third-order valence-electron chi connectivity index (χ3n) is 1.45. The number of aromatic nitrogens is 1. The minimum atomic E-state index is -0.525. The lowest BCUT2D eigenvalue weighted by Gasteiger charge is -1.95. The highest BCUT2D eigenvalue weighted by Gasteiger charge is 2.00.